The molecule has 0 spiro atoms. The zero-order valence-electron chi connectivity index (χ0n) is 17.0. The Morgan fingerprint density at radius 3 is 2.66 bits per heavy atom. The Kier molecular flexibility index (Phi) is 7.08. The third kappa shape index (κ3) is 5.71. The van der Waals surface area contributed by atoms with Crippen molar-refractivity contribution in [1.82, 2.24) is 10.2 Å². The number of carbonyl (C=O) groups excluding carboxylic acids is 2. The van der Waals surface area contributed by atoms with Crippen LogP contribution in [0.2, 0.25) is 0 Å². The van der Waals surface area contributed by atoms with Gasteiger partial charge in [-0.3, -0.25) is 4.79 Å². The normalized spacial score (nSPS) is 14.1. The maximum atomic E-state index is 12.6. The van der Waals surface area contributed by atoms with E-state index in [1.54, 1.807) is 19.2 Å². The molecule has 1 saturated heterocycles. The molecule has 1 heterocycles. The van der Waals surface area contributed by atoms with Crippen LogP contribution in [0, 0.1) is 6.92 Å². The molecule has 1 fully saturated rings. The van der Waals surface area contributed by atoms with Crippen molar-refractivity contribution in [3.63, 3.8) is 0 Å². The number of hydrogen-bond donors (Lipinski definition) is 3. The van der Waals surface area contributed by atoms with E-state index in [-0.39, 0.29) is 11.9 Å². The second-order valence-electron chi connectivity index (χ2n) is 7.09. The van der Waals surface area contributed by atoms with Crippen molar-refractivity contribution in [3.8, 4) is 5.75 Å². The zero-order chi connectivity index (χ0) is 20.6. The molecule has 7 nitrogen and oxygen atoms in total. The number of carbonyl (C=O) groups is 2. The summed E-state index contributed by atoms with van der Waals surface area (Å²) in [5.74, 6) is 0.626. The van der Waals surface area contributed by atoms with Crippen molar-refractivity contribution in [2.45, 2.75) is 19.8 Å². The highest BCUT2D eigenvalue weighted by atomic mass is 16.5. The quantitative estimate of drug-likeness (QED) is 0.726. The summed E-state index contributed by atoms with van der Waals surface area (Å²) in [6, 6.07) is 12.6. The van der Waals surface area contributed by atoms with Gasteiger partial charge in [0.05, 0.1) is 19.2 Å². The van der Waals surface area contributed by atoms with Gasteiger partial charge < -0.3 is 25.6 Å². The van der Waals surface area contributed by atoms with Gasteiger partial charge in [0.2, 0.25) is 5.91 Å². The highest BCUT2D eigenvalue weighted by Gasteiger charge is 2.17. The average Bonchev–Trinajstić information content (AvgIpc) is 3.00. The molecular formula is C22H28N4O3. The first kappa shape index (κ1) is 20.7. The summed E-state index contributed by atoms with van der Waals surface area (Å²) < 4.78 is 5.43. The molecule has 7 heteroatoms. The van der Waals surface area contributed by atoms with Crippen LogP contribution in [-0.2, 0) is 11.2 Å². The van der Waals surface area contributed by atoms with Crippen molar-refractivity contribution in [3.05, 3.63) is 53.6 Å². The van der Waals surface area contributed by atoms with Crippen LogP contribution in [0.15, 0.2) is 42.5 Å². The van der Waals surface area contributed by atoms with Crippen LogP contribution in [0.4, 0.5) is 16.2 Å². The molecule has 154 valence electrons. The minimum absolute atomic E-state index is 0.105. The number of urea groups is 1. The smallest absolute Gasteiger partial charge is 0.323 e. The van der Waals surface area contributed by atoms with E-state index in [1.165, 1.54) is 0 Å². The fourth-order valence-corrected chi connectivity index (χ4v) is 3.32. The van der Waals surface area contributed by atoms with Crippen LogP contribution in [0.25, 0.3) is 0 Å². The molecule has 1 aliphatic heterocycles. The highest BCUT2D eigenvalue weighted by molar-refractivity contribution is 6.01. The van der Waals surface area contributed by atoms with Gasteiger partial charge in [-0.1, -0.05) is 24.3 Å². The predicted molar refractivity (Wildman–Crippen MR) is 115 cm³/mol. The summed E-state index contributed by atoms with van der Waals surface area (Å²) in [5, 5.41) is 8.94. The van der Waals surface area contributed by atoms with E-state index in [9.17, 15) is 9.59 Å². The molecule has 0 atom stereocenters. The van der Waals surface area contributed by atoms with E-state index in [0.29, 0.717) is 17.9 Å². The maximum absolute atomic E-state index is 12.6. The van der Waals surface area contributed by atoms with E-state index in [0.717, 1.165) is 49.4 Å². The highest BCUT2D eigenvalue weighted by Crippen LogP contribution is 2.26. The van der Waals surface area contributed by atoms with Crippen LogP contribution >= 0.6 is 0 Å². The third-order valence-electron chi connectivity index (χ3n) is 4.96. The first-order valence-electron chi connectivity index (χ1n) is 9.86. The lowest BCUT2D eigenvalue weighted by Crippen LogP contribution is -2.35. The van der Waals surface area contributed by atoms with Gasteiger partial charge in [0.1, 0.15) is 5.75 Å². The largest absolute Gasteiger partial charge is 0.495 e. The van der Waals surface area contributed by atoms with Gasteiger partial charge in [-0.15, -0.1) is 0 Å². The number of hydrogen-bond acceptors (Lipinski definition) is 4. The van der Waals surface area contributed by atoms with Crippen molar-refractivity contribution < 1.29 is 14.3 Å². The van der Waals surface area contributed by atoms with Crippen molar-refractivity contribution in [2.24, 2.45) is 0 Å². The predicted octanol–water partition coefficient (Wildman–Crippen LogP) is 3.01. The van der Waals surface area contributed by atoms with Gasteiger partial charge in [-0.2, -0.15) is 0 Å². The summed E-state index contributed by atoms with van der Waals surface area (Å²) in [5.41, 5.74) is 3.13. The molecule has 3 N–H and O–H groups in total. The second-order valence-corrected chi connectivity index (χ2v) is 7.09. The Bertz CT molecular complexity index is 861. The van der Waals surface area contributed by atoms with Crippen LogP contribution < -0.4 is 20.7 Å². The number of benzene rings is 2. The Hall–Kier alpha value is -3.06. The Morgan fingerprint density at radius 1 is 1.07 bits per heavy atom. The van der Waals surface area contributed by atoms with E-state index < -0.39 is 0 Å². The zero-order valence-corrected chi connectivity index (χ0v) is 17.0. The fraction of sp³-hybridized carbons (Fsp3) is 0.364. The van der Waals surface area contributed by atoms with Crippen LogP contribution in [0.5, 0.6) is 5.75 Å². The number of ether oxygens (including phenoxy) is 1. The van der Waals surface area contributed by atoms with E-state index in [4.69, 9.17) is 4.74 Å². The van der Waals surface area contributed by atoms with Gasteiger partial charge in [-0.25, -0.2) is 4.79 Å². The number of methoxy groups -OCH3 is 1. The monoisotopic (exact) mass is 396 g/mol. The molecule has 29 heavy (non-hydrogen) atoms. The molecule has 0 unspecified atom stereocenters. The van der Waals surface area contributed by atoms with Crippen LogP contribution in [0.1, 0.15) is 17.5 Å². The van der Waals surface area contributed by atoms with Gasteiger partial charge in [0.15, 0.2) is 0 Å². The molecule has 3 amide bonds. The van der Waals surface area contributed by atoms with E-state index in [1.807, 2.05) is 42.2 Å². The second kappa shape index (κ2) is 9.93. The van der Waals surface area contributed by atoms with Crippen molar-refractivity contribution >= 4 is 23.3 Å². The summed E-state index contributed by atoms with van der Waals surface area (Å²) in [7, 11) is 1.55. The number of anilines is 2. The maximum Gasteiger partial charge on any atom is 0.323 e. The lowest BCUT2D eigenvalue weighted by Gasteiger charge is -2.20. The summed E-state index contributed by atoms with van der Waals surface area (Å²) in [4.78, 5) is 26.9. The summed E-state index contributed by atoms with van der Waals surface area (Å²) >= 11 is 0. The molecule has 2 aromatic carbocycles. The molecule has 2 aromatic rings. The third-order valence-corrected chi connectivity index (χ3v) is 4.96. The molecule has 0 aromatic heterocycles. The van der Waals surface area contributed by atoms with Crippen molar-refractivity contribution in [2.75, 3.05) is 43.9 Å². The number of nitrogens with zero attached hydrogens (tertiary/aromatic N) is 1. The Morgan fingerprint density at radius 2 is 1.86 bits per heavy atom. The topological polar surface area (TPSA) is 82.7 Å². The van der Waals surface area contributed by atoms with Gasteiger partial charge in [-0.05, 0) is 49.2 Å². The Balaban J connectivity index is 1.64. The average molecular weight is 396 g/mol. The standard InChI is InChI=1S/C22H28N4O3/c1-16-6-3-4-7-18(16)24-22(28)25-19-9-8-17(14-20(19)29-2)15-21(27)26-12-5-10-23-11-13-26/h3-4,6-9,14,23H,5,10-13,15H2,1-2H3,(H2,24,25,28). The van der Waals surface area contributed by atoms with E-state index >= 15 is 0 Å². The number of aryl methyl sites for hydroxylation is 1. The molecule has 1 aliphatic rings. The summed E-state index contributed by atoms with van der Waals surface area (Å²) in [6.07, 6.45) is 1.28. The minimum atomic E-state index is -0.349. The number of nitrogens with one attached hydrogen (secondary N) is 3. The Labute approximate surface area is 171 Å². The molecular weight excluding hydrogens is 368 g/mol. The SMILES string of the molecule is COc1cc(CC(=O)N2CCCNCC2)ccc1NC(=O)Nc1ccccc1C. The number of rotatable bonds is 5. The van der Waals surface area contributed by atoms with Crippen LogP contribution in [-0.4, -0.2) is 50.1 Å². The van der Waals surface area contributed by atoms with E-state index in [2.05, 4.69) is 16.0 Å². The van der Waals surface area contributed by atoms with Crippen LogP contribution in [0.3, 0.4) is 0 Å². The first-order valence-corrected chi connectivity index (χ1v) is 9.86. The lowest BCUT2D eigenvalue weighted by molar-refractivity contribution is -0.130. The number of para-hydroxylation sites is 1. The molecule has 0 aliphatic carbocycles. The molecule has 3 rings (SSSR count). The fourth-order valence-electron chi connectivity index (χ4n) is 3.32. The lowest BCUT2D eigenvalue weighted by atomic mass is 10.1. The van der Waals surface area contributed by atoms with Gasteiger partial charge >= 0.3 is 6.03 Å². The first-order chi connectivity index (χ1) is 14.1. The number of amides is 3. The van der Waals surface area contributed by atoms with Gasteiger partial charge in [0.25, 0.3) is 0 Å². The summed E-state index contributed by atoms with van der Waals surface area (Å²) in [6.45, 7) is 5.22. The molecule has 0 radical (unpaired) electrons. The van der Waals surface area contributed by atoms with Crippen molar-refractivity contribution in [1.29, 1.82) is 0 Å². The molecule has 0 bridgehead atoms. The van der Waals surface area contributed by atoms with Gasteiger partial charge in [0, 0.05) is 25.3 Å². The molecule has 0 saturated carbocycles. The minimum Gasteiger partial charge on any atom is -0.495 e.